The van der Waals surface area contributed by atoms with Crippen LogP contribution >= 0.6 is 0 Å². The molecule has 0 saturated heterocycles. The monoisotopic (exact) mass is 240 g/mol. The first kappa shape index (κ1) is 11.4. The van der Waals surface area contributed by atoms with Gasteiger partial charge in [0.05, 0.1) is 11.9 Å². The van der Waals surface area contributed by atoms with Gasteiger partial charge in [-0.1, -0.05) is 26.0 Å². The molecule has 1 atom stereocenters. The highest BCUT2D eigenvalue weighted by Gasteiger charge is 2.28. The van der Waals surface area contributed by atoms with Gasteiger partial charge in [-0.2, -0.15) is 4.72 Å². The lowest BCUT2D eigenvalue weighted by atomic mass is 10.1. The van der Waals surface area contributed by atoms with Crippen molar-refractivity contribution in [2.24, 2.45) is 5.92 Å². The maximum atomic E-state index is 11.9. The number of nitrogens with one attached hydrogen (secondary N) is 2. The maximum Gasteiger partial charge on any atom is 0.244 e. The molecule has 0 amide bonds. The number of para-hydroxylation sites is 1. The second-order valence-electron chi connectivity index (χ2n) is 4.44. The summed E-state index contributed by atoms with van der Waals surface area (Å²) in [7, 11) is -3.35. The third-order valence-corrected chi connectivity index (χ3v) is 4.04. The van der Waals surface area contributed by atoms with E-state index in [1.54, 1.807) is 18.2 Å². The van der Waals surface area contributed by atoms with Gasteiger partial charge in [-0.15, -0.1) is 0 Å². The Balaban J connectivity index is 2.34. The van der Waals surface area contributed by atoms with E-state index in [2.05, 4.69) is 23.9 Å². The van der Waals surface area contributed by atoms with E-state index in [0.717, 1.165) is 6.42 Å². The molecule has 4 nitrogen and oxygen atoms in total. The molecule has 1 aliphatic heterocycles. The lowest BCUT2D eigenvalue weighted by molar-refractivity contribution is 0.483. The van der Waals surface area contributed by atoms with E-state index < -0.39 is 10.0 Å². The molecule has 0 bridgehead atoms. The van der Waals surface area contributed by atoms with E-state index in [1.165, 1.54) is 0 Å². The smallest absolute Gasteiger partial charge is 0.244 e. The molecule has 0 aliphatic carbocycles. The van der Waals surface area contributed by atoms with E-state index in [9.17, 15) is 8.42 Å². The number of sulfonamides is 1. The first-order valence-electron chi connectivity index (χ1n) is 5.37. The predicted molar refractivity (Wildman–Crippen MR) is 63.6 cm³/mol. The summed E-state index contributed by atoms with van der Waals surface area (Å²) in [5.41, 5.74) is 0.687. The molecule has 0 aromatic heterocycles. The van der Waals surface area contributed by atoms with Crippen LogP contribution in [-0.4, -0.2) is 14.6 Å². The van der Waals surface area contributed by atoms with E-state index >= 15 is 0 Å². The Morgan fingerprint density at radius 1 is 1.31 bits per heavy atom. The first-order chi connectivity index (χ1) is 7.49. The topological polar surface area (TPSA) is 58.2 Å². The minimum absolute atomic E-state index is 0.208. The summed E-state index contributed by atoms with van der Waals surface area (Å²) >= 11 is 0. The van der Waals surface area contributed by atoms with Gasteiger partial charge in [0, 0.05) is 0 Å². The van der Waals surface area contributed by atoms with Crippen LogP contribution in [0.2, 0.25) is 0 Å². The van der Waals surface area contributed by atoms with Gasteiger partial charge < -0.3 is 5.32 Å². The second kappa shape index (κ2) is 4.07. The molecule has 2 rings (SSSR count). The molecular formula is C11H16N2O2S. The van der Waals surface area contributed by atoms with Gasteiger partial charge in [0.1, 0.15) is 4.90 Å². The van der Waals surface area contributed by atoms with Crippen molar-refractivity contribution in [3.63, 3.8) is 0 Å². The molecule has 2 N–H and O–H groups in total. The van der Waals surface area contributed by atoms with Crippen LogP contribution in [-0.2, 0) is 10.0 Å². The number of fused-ring (bicyclic) bond motifs is 1. The van der Waals surface area contributed by atoms with Crippen molar-refractivity contribution in [3.8, 4) is 0 Å². The Morgan fingerprint density at radius 3 is 2.69 bits per heavy atom. The fraction of sp³-hybridized carbons (Fsp3) is 0.455. The van der Waals surface area contributed by atoms with Crippen molar-refractivity contribution in [1.82, 2.24) is 4.72 Å². The van der Waals surface area contributed by atoms with Gasteiger partial charge >= 0.3 is 0 Å². The van der Waals surface area contributed by atoms with Gasteiger partial charge in [0.25, 0.3) is 0 Å². The van der Waals surface area contributed by atoms with Gasteiger partial charge in [0.15, 0.2) is 0 Å². The van der Waals surface area contributed by atoms with Crippen LogP contribution < -0.4 is 10.0 Å². The highest BCUT2D eigenvalue weighted by molar-refractivity contribution is 7.89. The molecule has 0 radical (unpaired) electrons. The van der Waals surface area contributed by atoms with E-state index in [-0.39, 0.29) is 6.17 Å². The van der Waals surface area contributed by atoms with E-state index in [1.807, 2.05) is 6.07 Å². The standard InChI is InChI=1S/C11H16N2O2S/c1-8(2)7-11-12-9-5-3-4-6-10(9)16(14,15)13-11/h3-6,8,11-13H,7H2,1-2H3/t11-/m0/s1. The fourth-order valence-corrected chi connectivity index (χ4v) is 3.20. The highest BCUT2D eigenvalue weighted by Crippen LogP contribution is 2.26. The lowest BCUT2D eigenvalue weighted by Crippen LogP contribution is -2.45. The Bertz CT molecular complexity index is 483. The molecule has 0 fully saturated rings. The predicted octanol–water partition coefficient (Wildman–Crippen LogP) is 1.76. The third kappa shape index (κ3) is 2.20. The minimum atomic E-state index is -3.35. The largest absolute Gasteiger partial charge is 0.368 e. The van der Waals surface area contributed by atoms with Crippen LogP contribution in [0.4, 0.5) is 5.69 Å². The number of anilines is 1. The van der Waals surface area contributed by atoms with Crippen LogP contribution in [0.15, 0.2) is 29.2 Å². The molecule has 0 saturated carbocycles. The zero-order valence-electron chi connectivity index (χ0n) is 9.40. The number of hydrogen-bond donors (Lipinski definition) is 2. The molecule has 5 heteroatoms. The Kier molecular flexibility index (Phi) is 2.90. The van der Waals surface area contributed by atoms with Crippen molar-refractivity contribution in [2.75, 3.05) is 5.32 Å². The van der Waals surface area contributed by atoms with Crippen LogP contribution in [0.5, 0.6) is 0 Å². The SMILES string of the molecule is CC(C)C[C@H]1Nc2ccccc2S(=O)(=O)N1. The summed E-state index contributed by atoms with van der Waals surface area (Å²) in [6.07, 6.45) is 0.563. The minimum Gasteiger partial charge on any atom is -0.368 e. The quantitative estimate of drug-likeness (QED) is 0.828. The Labute approximate surface area is 96.1 Å². The molecule has 16 heavy (non-hydrogen) atoms. The number of benzene rings is 1. The summed E-state index contributed by atoms with van der Waals surface area (Å²) in [5, 5.41) is 3.19. The van der Waals surface area contributed by atoms with Gasteiger partial charge in [0.2, 0.25) is 10.0 Å². The molecule has 1 heterocycles. The Morgan fingerprint density at radius 2 is 2.00 bits per heavy atom. The summed E-state index contributed by atoms with van der Waals surface area (Å²) in [6.45, 7) is 4.13. The molecular weight excluding hydrogens is 224 g/mol. The van der Waals surface area contributed by atoms with Crippen LogP contribution in [0.3, 0.4) is 0 Å². The lowest BCUT2D eigenvalue weighted by Gasteiger charge is -2.28. The average molecular weight is 240 g/mol. The summed E-state index contributed by atoms with van der Waals surface area (Å²) < 4.78 is 26.5. The van der Waals surface area contributed by atoms with E-state index in [4.69, 9.17) is 0 Å². The Hall–Kier alpha value is -1.07. The van der Waals surface area contributed by atoms with Crippen molar-refractivity contribution < 1.29 is 8.42 Å². The summed E-state index contributed by atoms with van der Waals surface area (Å²) in [5.74, 6) is 0.436. The molecule has 1 aliphatic rings. The van der Waals surface area contributed by atoms with Crippen molar-refractivity contribution in [1.29, 1.82) is 0 Å². The van der Waals surface area contributed by atoms with Gasteiger partial charge in [-0.3, -0.25) is 0 Å². The molecule has 88 valence electrons. The van der Waals surface area contributed by atoms with Crippen molar-refractivity contribution >= 4 is 15.7 Å². The molecule has 1 aromatic carbocycles. The van der Waals surface area contributed by atoms with Gasteiger partial charge in [-0.25, -0.2) is 8.42 Å². The van der Waals surface area contributed by atoms with Crippen LogP contribution in [0, 0.1) is 5.92 Å². The molecule has 1 aromatic rings. The van der Waals surface area contributed by atoms with E-state index in [0.29, 0.717) is 16.5 Å². The first-order valence-corrected chi connectivity index (χ1v) is 6.85. The fourth-order valence-electron chi connectivity index (χ4n) is 1.87. The van der Waals surface area contributed by atoms with Crippen molar-refractivity contribution in [3.05, 3.63) is 24.3 Å². The van der Waals surface area contributed by atoms with Crippen LogP contribution in [0.25, 0.3) is 0 Å². The number of rotatable bonds is 2. The summed E-state index contributed by atoms with van der Waals surface area (Å²) in [4.78, 5) is 0.329. The molecule has 0 spiro atoms. The summed E-state index contributed by atoms with van der Waals surface area (Å²) in [6, 6.07) is 6.96. The number of hydrogen-bond acceptors (Lipinski definition) is 3. The van der Waals surface area contributed by atoms with Gasteiger partial charge in [-0.05, 0) is 24.5 Å². The zero-order valence-corrected chi connectivity index (χ0v) is 10.2. The van der Waals surface area contributed by atoms with Crippen LogP contribution in [0.1, 0.15) is 20.3 Å². The van der Waals surface area contributed by atoms with Crippen molar-refractivity contribution in [2.45, 2.75) is 31.3 Å². The molecule has 0 unspecified atom stereocenters. The highest BCUT2D eigenvalue weighted by atomic mass is 32.2. The average Bonchev–Trinajstić information content (AvgIpc) is 2.15. The maximum absolute atomic E-state index is 11.9. The normalized spacial score (nSPS) is 22.6. The second-order valence-corrected chi connectivity index (χ2v) is 6.13. The zero-order chi connectivity index (χ0) is 11.8. The third-order valence-electron chi connectivity index (χ3n) is 2.51.